The Labute approximate surface area is 351 Å². The van der Waals surface area contributed by atoms with E-state index in [-0.39, 0.29) is 5.41 Å². The summed E-state index contributed by atoms with van der Waals surface area (Å²) in [5.74, 6) is 3.25. The van der Waals surface area contributed by atoms with E-state index in [9.17, 15) is 0 Å². The Morgan fingerprint density at radius 2 is 1.03 bits per heavy atom. The summed E-state index contributed by atoms with van der Waals surface area (Å²) < 4.78 is 0. The number of fused-ring (bicyclic) bond motifs is 5. The van der Waals surface area contributed by atoms with Gasteiger partial charge in [-0.15, -0.1) is 0 Å². The zero-order valence-corrected chi connectivity index (χ0v) is 34.7. The maximum atomic E-state index is 2.49. The molecule has 4 aliphatic carbocycles. The highest BCUT2D eigenvalue weighted by atomic mass is 15.1. The van der Waals surface area contributed by atoms with E-state index in [2.05, 4.69) is 183 Å². The largest absolute Gasteiger partial charge is 0.310 e. The molecule has 3 atom stereocenters. The van der Waals surface area contributed by atoms with Gasteiger partial charge < -0.3 is 4.90 Å². The molecule has 2 bridgehead atoms. The van der Waals surface area contributed by atoms with Gasteiger partial charge in [0.25, 0.3) is 0 Å². The second kappa shape index (κ2) is 14.9. The van der Waals surface area contributed by atoms with Crippen molar-refractivity contribution in [1.82, 2.24) is 0 Å². The van der Waals surface area contributed by atoms with Crippen LogP contribution in [0.25, 0.3) is 44.5 Å². The van der Waals surface area contributed by atoms with Crippen molar-refractivity contribution in [3.05, 3.63) is 186 Å². The summed E-state index contributed by atoms with van der Waals surface area (Å²) in [6.45, 7) is 4.81. The van der Waals surface area contributed by atoms with Gasteiger partial charge in [-0.25, -0.2) is 0 Å². The number of hydrogen-bond acceptors (Lipinski definition) is 1. The lowest BCUT2D eigenvalue weighted by Gasteiger charge is -2.29. The molecule has 4 aliphatic rings. The van der Waals surface area contributed by atoms with E-state index in [4.69, 9.17) is 0 Å². The van der Waals surface area contributed by atoms with Crippen molar-refractivity contribution in [1.29, 1.82) is 0 Å². The van der Waals surface area contributed by atoms with Gasteiger partial charge in [-0.2, -0.15) is 0 Å². The highest BCUT2D eigenvalue weighted by Crippen LogP contribution is 2.54. The summed E-state index contributed by atoms with van der Waals surface area (Å²) in [7, 11) is 0. The third-order valence-corrected chi connectivity index (χ3v) is 15.0. The predicted molar refractivity (Wildman–Crippen MR) is 249 cm³/mol. The maximum Gasteiger partial charge on any atom is 0.0465 e. The predicted octanol–water partition coefficient (Wildman–Crippen LogP) is 16.4. The molecule has 11 rings (SSSR count). The van der Waals surface area contributed by atoms with Crippen LogP contribution in [0, 0.1) is 11.8 Å². The first-order chi connectivity index (χ1) is 29.0. The van der Waals surface area contributed by atoms with E-state index in [1.165, 1.54) is 142 Å². The Morgan fingerprint density at radius 1 is 0.424 bits per heavy atom. The van der Waals surface area contributed by atoms with Crippen molar-refractivity contribution >= 4 is 17.1 Å². The molecule has 7 aromatic rings. The second-order valence-corrected chi connectivity index (χ2v) is 18.8. The Kier molecular flexibility index (Phi) is 9.18. The van der Waals surface area contributed by atoms with Gasteiger partial charge in [0.2, 0.25) is 0 Å². The number of nitrogens with zero attached hydrogens (tertiary/aromatic N) is 1. The van der Waals surface area contributed by atoms with Crippen LogP contribution in [0.2, 0.25) is 0 Å². The number of anilines is 3. The Hall–Kier alpha value is -5.66. The van der Waals surface area contributed by atoms with E-state index >= 15 is 0 Å². The molecule has 3 unspecified atom stereocenters. The standard InChI is InChI=1S/C58H55N/c1-58(2)56-33-26-48(43-20-18-42(19-21-43)40-10-5-3-6-11-40)37-55(56)53-32-31-52(38-57(53)58)59(51-29-24-45(25-30-51)54-35-39-16-17-49(54)34-39)50-27-22-44(23-28-50)47-15-9-14-46(36-47)41-12-7-4-8-13-41/h3,5-6,9-11,14-15,18-33,36-39,41,49,54H,4,7-8,12-13,16-17,34-35H2,1-2H3. The highest BCUT2D eigenvalue weighted by Gasteiger charge is 2.40. The van der Waals surface area contributed by atoms with Crippen molar-refractivity contribution < 1.29 is 0 Å². The highest BCUT2D eigenvalue weighted by molar-refractivity contribution is 5.88. The van der Waals surface area contributed by atoms with Gasteiger partial charge in [-0.1, -0.05) is 161 Å². The normalized spacial score (nSPS) is 20.3. The monoisotopic (exact) mass is 765 g/mol. The van der Waals surface area contributed by atoms with Crippen molar-refractivity contribution in [2.75, 3.05) is 4.90 Å². The van der Waals surface area contributed by atoms with Crippen LogP contribution in [0.5, 0.6) is 0 Å². The van der Waals surface area contributed by atoms with Crippen LogP contribution < -0.4 is 4.90 Å². The van der Waals surface area contributed by atoms with Crippen molar-refractivity contribution in [3.8, 4) is 44.5 Å². The van der Waals surface area contributed by atoms with Gasteiger partial charge in [-0.3, -0.25) is 0 Å². The zero-order valence-electron chi connectivity index (χ0n) is 34.7. The van der Waals surface area contributed by atoms with Crippen molar-refractivity contribution in [2.24, 2.45) is 11.8 Å². The van der Waals surface area contributed by atoms with E-state index in [0.29, 0.717) is 5.92 Å². The fourth-order valence-electron chi connectivity index (χ4n) is 11.7. The van der Waals surface area contributed by atoms with Gasteiger partial charge in [0.15, 0.2) is 0 Å². The second-order valence-electron chi connectivity index (χ2n) is 18.8. The first-order valence-corrected chi connectivity index (χ1v) is 22.5. The molecular formula is C58H55N. The van der Waals surface area contributed by atoms with Crippen LogP contribution >= 0.6 is 0 Å². The van der Waals surface area contributed by atoms with Crippen LogP contribution in [0.3, 0.4) is 0 Å². The fraction of sp³-hybridized carbons (Fsp3) is 0.276. The fourth-order valence-corrected chi connectivity index (χ4v) is 11.7. The molecule has 3 saturated carbocycles. The van der Waals surface area contributed by atoms with E-state index < -0.39 is 0 Å². The summed E-state index contributed by atoms with van der Waals surface area (Å²) in [4.78, 5) is 2.49. The van der Waals surface area contributed by atoms with Crippen LogP contribution in [-0.4, -0.2) is 0 Å². The quantitative estimate of drug-likeness (QED) is 0.149. The Bertz CT molecular complexity index is 2610. The van der Waals surface area contributed by atoms with Gasteiger partial charge in [0, 0.05) is 22.5 Å². The molecule has 0 saturated heterocycles. The summed E-state index contributed by atoms with van der Waals surface area (Å²) >= 11 is 0. The van der Waals surface area contributed by atoms with Gasteiger partial charge >= 0.3 is 0 Å². The van der Waals surface area contributed by atoms with E-state index in [1.54, 1.807) is 0 Å². The average molecular weight is 766 g/mol. The molecule has 0 N–H and O–H groups in total. The van der Waals surface area contributed by atoms with Gasteiger partial charge in [0.05, 0.1) is 0 Å². The maximum absolute atomic E-state index is 2.49. The summed E-state index contributed by atoms with van der Waals surface area (Å²) in [5, 5.41) is 0. The molecule has 0 radical (unpaired) electrons. The molecular weight excluding hydrogens is 711 g/mol. The lowest BCUT2D eigenvalue weighted by atomic mass is 9.82. The number of hydrogen-bond donors (Lipinski definition) is 0. The van der Waals surface area contributed by atoms with Crippen molar-refractivity contribution in [2.45, 2.75) is 88.9 Å². The lowest BCUT2D eigenvalue weighted by molar-refractivity contribution is 0.420. The third-order valence-electron chi connectivity index (χ3n) is 15.0. The molecule has 0 aliphatic heterocycles. The molecule has 3 fully saturated rings. The smallest absolute Gasteiger partial charge is 0.0465 e. The summed E-state index contributed by atoms with van der Waals surface area (Å²) in [5.41, 5.74) is 19.6. The Morgan fingerprint density at radius 3 is 1.73 bits per heavy atom. The first-order valence-electron chi connectivity index (χ1n) is 22.5. The number of benzene rings is 7. The van der Waals surface area contributed by atoms with Crippen LogP contribution in [0.15, 0.2) is 164 Å². The van der Waals surface area contributed by atoms with Crippen LogP contribution in [-0.2, 0) is 5.41 Å². The molecule has 1 nitrogen and oxygen atoms in total. The minimum atomic E-state index is -0.124. The van der Waals surface area contributed by atoms with Gasteiger partial charge in [-0.05, 0) is 165 Å². The molecule has 0 spiro atoms. The number of rotatable bonds is 8. The minimum absolute atomic E-state index is 0.124. The van der Waals surface area contributed by atoms with Crippen LogP contribution in [0.4, 0.5) is 17.1 Å². The molecule has 292 valence electrons. The van der Waals surface area contributed by atoms with Crippen molar-refractivity contribution in [3.63, 3.8) is 0 Å². The average Bonchev–Trinajstić information content (AvgIpc) is 4.00. The van der Waals surface area contributed by atoms with E-state index in [0.717, 1.165) is 17.8 Å². The minimum Gasteiger partial charge on any atom is -0.310 e. The van der Waals surface area contributed by atoms with Crippen LogP contribution in [0.1, 0.15) is 106 Å². The molecule has 0 aromatic heterocycles. The van der Waals surface area contributed by atoms with E-state index in [1.807, 2.05) is 0 Å². The zero-order chi connectivity index (χ0) is 39.5. The SMILES string of the molecule is CC1(C)c2ccc(-c3ccc(-c4ccccc4)cc3)cc2-c2ccc(N(c3ccc(-c4cccc(C5CCCCC5)c4)cc3)c3ccc(C4CC5CCC4C5)cc3)cc21. The topological polar surface area (TPSA) is 3.24 Å². The lowest BCUT2D eigenvalue weighted by Crippen LogP contribution is -2.16. The molecule has 0 heterocycles. The molecule has 0 amide bonds. The summed E-state index contributed by atoms with van der Waals surface area (Å²) in [6, 6.07) is 62.5. The first kappa shape index (κ1) is 36.4. The molecule has 7 aromatic carbocycles. The van der Waals surface area contributed by atoms with Gasteiger partial charge in [0.1, 0.15) is 0 Å². The Balaban J connectivity index is 0.944. The molecule has 1 heteroatoms. The summed E-state index contributed by atoms with van der Waals surface area (Å²) in [6.07, 6.45) is 12.4. The third kappa shape index (κ3) is 6.64. The molecule has 59 heavy (non-hydrogen) atoms.